The van der Waals surface area contributed by atoms with Gasteiger partial charge in [0.25, 0.3) is 0 Å². The summed E-state index contributed by atoms with van der Waals surface area (Å²) < 4.78 is 5.64. The van der Waals surface area contributed by atoms with Crippen molar-refractivity contribution in [2.45, 2.75) is 19.4 Å². The molecular weight excluding hydrogens is 270 g/mol. The van der Waals surface area contributed by atoms with Gasteiger partial charge >= 0.3 is 0 Å². The van der Waals surface area contributed by atoms with Crippen LogP contribution >= 0.6 is 11.6 Å². The van der Waals surface area contributed by atoms with E-state index in [4.69, 9.17) is 16.3 Å². The first-order valence-electron chi connectivity index (χ1n) is 6.97. The van der Waals surface area contributed by atoms with E-state index < -0.39 is 0 Å². The molecule has 0 saturated carbocycles. The van der Waals surface area contributed by atoms with Gasteiger partial charge in [-0.25, -0.2) is 0 Å². The molecule has 0 fully saturated rings. The molecule has 0 aliphatic rings. The van der Waals surface area contributed by atoms with Gasteiger partial charge < -0.3 is 10.1 Å². The lowest BCUT2D eigenvalue weighted by atomic mass is 10.2. The third-order valence-corrected chi connectivity index (χ3v) is 3.25. The Labute approximate surface area is 125 Å². The largest absolute Gasteiger partial charge is 0.494 e. The van der Waals surface area contributed by atoms with Gasteiger partial charge in [-0.15, -0.1) is 0 Å². The Balaban J connectivity index is 1.51. The fourth-order valence-corrected chi connectivity index (χ4v) is 2.03. The number of hydrogen-bond donors (Lipinski definition) is 1. The molecule has 0 amide bonds. The van der Waals surface area contributed by atoms with E-state index in [1.54, 1.807) is 0 Å². The Bertz CT molecular complexity index is 484. The quantitative estimate of drug-likeness (QED) is 0.732. The van der Waals surface area contributed by atoms with Crippen molar-refractivity contribution in [3.8, 4) is 5.75 Å². The highest BCUT2D eigenvalue weighted by Gasteiger charge is 1.95. The van der Waals surface area contributed by atoms with Crippen LogP contribution in [0.1, 0.15) is 18.4 Å². The molecule has 2 nitrogen and oxygen atoms in total. The number of unbranched alkanes of at least 4 members (excludes halogenated alkanes) is 1. The van der Waals surface area contributed by atoms with Crippen LogP contribution in [0.5, 0.6) is 5.75 Å². The van der Waals surface area contributed by atoms with E-state index in [1.807, 2.05) is 30.3 Å². The van der Waals surface area contributed by atoms with Crippen molar-refractivity contribution in [1.82, 2.24) is 5.32 Å². The molecule has 0 aliphatic carbocycles. The van der Waals surface area contributed by atoms with Crippen LogP contribution < -0.4 is 10.1 Å². The molecule has 20 heavy (non-hydrogen) atoms. The van der Waals surface area contributed by atoms with Crippen molar-refractivity contribution >= 4 is 11.6 Å². The molecule has 0 atom stereocenters. The zero-order valence-corrected chi connectivity index (χ0v) is 12.3. The lowest BCUT2D eigenvalue weighted by Crippen LogP contribution is -2.15. The Morgan fingerprint density at radius 2 is 1.65 bits per heavy atom. The lowest BCUT2D eigenvalue weighted by molar-refractivity contribution is 0.306. The summed E-state index contributed by atoms with van der Waals surface area (Å²) in [7, 11) is 0. The zero-order chi connectivity index (χ0) is 14.0. The minimum atomic E-state index is 0.738. The Morgan fingerprint density at radius 1 is 0.900 bits per heavy atom. The molecule has 0 aromatic heterocycles. The van der Waals surface area contributed by atoms with E-state index in [2.05, 4.69) is 29.6 Å². The van der Waals surface area contributed by atoms with Crippen LogP contribution in [0.4, 0.5) is 0 Å². The average molecular weight is 290 g/mol. The third-order valence-electron chi connectivity index (χ3n) is 3.00. The van der Waals surface area contributed by atoms with Crippen molar-refractivity contribution < 1.29 is 4.74 Å². The van der Waals surface area contributed by atoms with Crippen LogP contribution in [0.25, 0.3) is 0 Å². The zero-order valence-electron chi connectivity index (χ0n) is 11.5. The van der Waals surface area contributed by atoms with E-state index >= 15 is 0 Å². The van der Waals surface area contributed by atoms with E-state index in [9.17, 15) is 0 Å². The number of rotatable bonds is 8. The summed E-state index contributed by atoms with van der Waals surface area (Å²) in [6.45, 7) is 2.69. The van der Waals surface area contributed by atoms with Gasteiger partial charge in [0.05, 0.1) is 6.61 Å². The lowest BCUT2D eigenvalue weighted by Gasteiger charge is -2.07. The fourth-order valence-electron chi connectivity index (χ4n) is 1.90. The number of ether oxygens (including phenoxy) is 1. The molecule has 2 aromatic carbocycles. The molecular formula is C17H20ClNO. The predicted molar refractivity (Wildman–Crippen MR) is 84.3 cm³/mol. The first-order valence-corrected chi connectivity index (χ1v) is 7.35. The van der Waals surface area contributed by atoms with Gasteiger partial charge in [-0.3, -0.25) is 0 Å². The summed E-state index contributed by atoms with van der Waals surface area (Å²) in [5.41, 5.74) is 1.32. The van der Waals surface area contributed by atoms with Gasteiger partial charge in [-0.2, -0.15) is 0 Å². The minimum Gasteiger partial charge on any atom is -0.494 e. The van der Waals surface area contributed by atoms with Crippen molar-refractivity contribution in [3.05, 3.63) is 65.2 Å². The number of nitrogens with one attached hydrogen (secondary N) is 1. The second-order valence-electron chi connectivity index (χ2n) is 4.67. The highest BCUT2D eigenvalue weighted by atomic mass is 35.5. The SMILES string of the molecule is Clc1ccc(OCCCCNCc2ccccc2)cc1. The van der Waals surface area contributed by atoms with Crippen LogP contribution in [0.2, 0.25) is 5.02 Å². The second kappa shape index (κ2) is 8.62. The van der Waals surface area contributed by atoms with Crippen LogP contribution in [0.15, 0.2) is 54.6 Å². The van der Waals surface area contributed by atoms with Crippen LogP contribution in [-0.4, -0.2) is 13.2 Å². The van der Waals surface area contributed by atoms with Gasteiger partial charge in [0.2, 0.25) is 0 Å². The van der Waals surface area contributed by atoms with Gasteiger partial charge in [0.15, 0.2) is 0 Å². The standard InChI is InChI=1S/C17H20ClNO/c18-16-8-10-17(11-9-16)20-13-5-4-12-19-14-15-6-2-1-3-7-15/h1-3,6-11,19H,4-5,12-14H2. The van der Waals surface area contributed by atoms with Crippen molar-refractivity contribution in [1.29, 1.82) is 0 Å². The van der Waals surface area contributed by atoms with E-state index in [0.29, 0.717) is 0 Å². The van der Waals surface area contributed by atoms with Gasteiger partial charge in [-0.1, -0.05) is 41.9 Å². The minimum absolute atomic E-state index is 0.738. The third kappa shape index (κ3) is 5.64. The van der Waals surface area contributed by atoms with Crippen LogP contribution in [-0.2, 0) is 6.54 Å². The second-order valence-corrected chi connectivity index (χ2v) is 5.11. The molecule has 0 heterocycles. The molecule has 0 saturated heterocycles. The first kappa shape index (κ1) is 14.9. The maximum absolute atomic E-state index is 5.82. The first-order chi connectivity index (χ1) is 9.84. The summed E-state index contributed by atoms with van der Waals surface area (Å²) in [6.07, 6.45) is 2.16. The van der Waals surface area contributed by atoms with E-state index in [0.717, 1.165) is 43.3 Å². The fraction of sp³-hybridized carbons (Fsp3) is 0.294. The van der Waals surface area contributed by atoms with Crippen LogP contribution in [0.3, 0.4) is 0 Å². The maximum Gasteiger partial charge on any atom is 0.119 e. The summed E-state index contributed by atoms with van der Waals surface area (Å²) in [5, 5.41) is 4.17. The van der Waals surface area contributed by atoms with E-state index in [1.165, 1.54) is 5.56 Å². The highest BCUT2D eigenvalue weighted by Crippen LogP contribution is 2.15. The molecule has 0 spiro atoms. The summed E-state index contributed by atoms with van der Waals surface area (Å²) in [5.74, 6) is 0.881. The Hall–Kier alpha value is -1.51. The highest BCUT2D eigenvalue weighted by molar-refractivity contribution is 6.30. The molecule has 0 radical (unpaired) electrons. The van der Waals surface area contributed by atoms with Crippen molar-refractivity contribution in [3.63, 3.8) is 0 Å². The molecule has 0 aliphatic heterocycles. The maximum atomic E-state index is 5.82. The number of halogens is 1. The molecule has 0 unspecified atom stereocenters. The predicted octanol–water partition coefficient (Wildman–Crippen LogP) is 4.29. The Kier molecular flexibility index (Phi) is 6.42. The van der Waals surface area contributed by atoms with Gasteiger partial charge in [0, 0.05) is 11.6 Å². The summed E-state index contributed by atoms with van der Waals surface area (Å²) >= 11 is 5.82. The smallest absolute Gasteiger partial charge is 0.119 e. The number of hydrogen-bond acceptors (Lipinski definition) is 2. The van der Waals surface area contributed by atoms with Gasteiger partial charge in [0.1, 0.15) is 5.75 Å². The van der Waals surface area contributed by atoms with Gasteiger partial charge in [-0.05, 0) is 49.2 Å². The molecule has 3 heteroatoms. The molecule has 2 aromatic rings. The number of benzene rings is 2. The Morgan fingerprint density at radius 3 is 2.40 bits per heavy atom. The normalized spacial score (nSPS) is 10.4. The monoisotopic (exact) mass is 289 g/mol. The average Bonchev–Trinajstić information content (AvgIpc) is 2.49. The van der Waals surface area contributed by atoms with E-state index in [-0.39, 0.29) is 0 Å². The topological polar surface area (TPSA) is 21.3 Å². The molecule has 106 valence electrons. The molecule has 2 rings (SSSR count). The molecule has 0 bridgehead atoms. The van der Waals surface area contributed by atoms with Crippen LogP contribution in [0, 0.1) is 0 Å². The van der Waals surface area contributed by atoms with Crippen molar-refractivity contribution in [2.24, 2.45) is 0 Å². The summed E-state index contributed by atoms with van der Waals surface area (Å²) in [6, 6.07) is 17.9. The summed E-state index contributed by atoms with van der Waals surface area (Å²) in [4.78, 5) is 0. The van der Waals surface area contributed by atoms with Crippen molar-refractivity contribution in [2.75, 3.05) is 13.2 Å². The molecule has 1 N–H and O–H groups in total.